The molecule has 1 N–H and O–H groups in total. The Kier molecular flexibility index (Phi) is 1.20. The topological polar surface area (TPSA) is 38.1 Å². The summed E-state index contributed by atoms with van der Waals surface area (Å²) in [6.45, 7) is 1.93. The molecule has 0 unspecified atom stereocenters. The molecule has 1 aromatic heterocycles. The molecule has 3 heteroatoms. The lowest BCUT2D eigenvalue weighted by Crippen LogP contribution is -1.88. The molecule has 0 spiro atoms. The van der Waals surface area contributed by atoms with Gasteiger partial charge in [0.1, 0.15) is 6.26 Å². The van der Waals surface area contributed by atoms with Crippen LogP contribution in [-0.4, -0.2) is 12.2 Å². The van der Waals surface area contributed by atoms with E-state index in [4.69, 9.17) is 0 Å². The van der Waals surface area contributed by atoms with Gasteiger partial charge in [-0.3, -0.25) is 0 Å². The zero-order valence-corrected chi connectivity index (χ0v) is 4.93. The van der Waals surface area contributed by atoms with Crippen LogP contribution in [0.1, 0.15) is 5.56 Å². The van der Waals surface area contributed by atoms with Crippen molar-refractivity contribution in [1.82, 2.24) is 5.16 Å². The lowest BCUT2D eigenvalue weighted by Gasteiger charge is -1.88. The summed E-state index contributed by atoms with van der Waals surface area (Å²) in [7, 11) is 1.81. The van der Waals surface area contributed by atoms with Gasteiger partial charge in [-0.25, -0.2) is 0 Å². The Morgan fingerprint density at radius 1 is 1.75 bits per heavy atom. The van der Waals surface area contributed by atoms with Gasteiger partial charge in [-0.05, 0) is 6.92 Å². The molecule has 0 bridgehead atoms. The molecular formula is C5H8N2O. The quantitative estimate of drug-likeness (QED) is 0.589. The summed E-state index contributed by atoms with van der Waals surface area (Å²) >= 11 is 0. The van der Waals surface area contributed by atoms with Crippen LogP contribution >= 0.6 is 0 Å². The molecule has 8 heavy (non-hydrogen) atoms. The van der Waals surface area contributed by atoms with Crippen LogP contribution < -0.4 is 5.32 Å². The van der Waals surface area contributed by atoms with E-state index in [2.05, 4.69) is 15.0 Å². The van der Waals surface area contributed by atoms with Gasteiger partial charge in [0.25, 0.3) is 0 Å². The molecule has 0 aromatic carbocycles. The van der Waals surface area contributed by atoms with Crippen LogP contribution in [0.25, 0.3) is 0 Å². The Bertz CT molecular complexity index is 171. The van der Waals surface area contributed by atoms with E-state index in [-0.39, 0.29) is 0 Å². The molecule has 0 radical (unpaired) electrons. The molecule has 0 aliphatic rings. The Morgan fingerprint density at radius 3 is 2.75 bits per heavy atom. The molecule has 0 saturated carbocycles. The zero-order chi connectivity index (χ0) is 5.98. The lowest BCUT2D eigenvalue weighted by atomic mass is 10.4. The third kappa shape index (κ3) is 0.665. The normalized spacial score (nSPS) is 9.25. The predicted molar refractivity (Wildman–Crippen MR) is 30.8 cm³/mol. The van der Waals surface area contributed by atoms with E-state index < -0.39 is 0 Å². The highest BCUT2D eigenvalue weighted by Crippen LogP contribution is 2.07. The largest absolute Gasteiger partial charge is 0.370 e. The SMILES string of the molecule is CNc1nocc1C. The predicted octanol–water partition coefficient (Wildman–Crippen LogP) is 1.02. The molecule has 0 fully saturated rings. The van der Waals surface area contributed by atoms with E-state index in [0.29, 0.717) is 0 Å². The lowest BCUT2D eigenvalue weighted by molar-refractivity contribution is 0.422. The second-order valence-corrected chi connectivity index (χ2v) is 1.60. The third-order valence-corrected chi connectivity index (χ3v) is 0.984. The smallest absolute Gasteiger partial charge is 0.172 e. The van der Waals surface area contributed by atoms with Crippen molar-refractivity contribution < 1.29 is 4.52 Å². The van der Waals surface area contributed by atoms with Gasteiger partial charge in [-0.1, -0.05) is 5.16 Å². The van der Waals surface area contributed by atoms with E-state index in [1.807, 2.05) is 14.0 Å². The molecule has 1 heterocycles. The van der Waals surface area contributed by atoms with Gasteiger partial charge in [0, 0.05) is 12.6 Å². The molecule has 1 rings (SSSR count). The van der Waals surface area contributed by atoms with Crippen molar-refractivity contribution in [3.63, 3.8) is 0 Å². The fourth-order valence-electron chi connectivity index (χ4n) is 0.529. The van der Waals surface area contributed by atoms with Gasteiger partial charge in [-0.2, -0.15) is 0 Å². The Hall–Kier alpha value is -0.990. The minimum absolute atomic E-state index is 0.810. The fraction of sp³-hybridized carbons (Fsp3) is 0.400. The number of aromatic nitrogens is 1. The van der Waals surface area contributed by atoms with Crippen molar-refractivity contribution in [3.05, 3.63) is 11.8 Å². The average molecular weight is 112 g/mol. The highest BCUT2D eigenvalue weighted by Gasteiger charge is 1.95. The fourth-order valence-corrected chi connectivity index (χ4v) is 0.529. The Labute approximate surface area is 47.7 Å². The number of nitrogens with one attached hydrogen (secondary N) is 1. The van der Waals surface area contributed by atoms with Crippen molar-refractivity contribution >= 4 is 5.82 Å². The third-order valence-electron chi connectivity index (χ3n) is 0.984. The zero-order valence-electron chi connectivity index (χ0n) is 4.93. The minimum Gasteiger partial charge on any atom is -0.370 e. The van der Waals surface area contributed by atoms with E-state index in [1.54, 1.807) is 6.26 Å². The van der Waals surface area contributed by atoms with Gasteiger partial charge in [0.2, 0.25) is 0 Å². The molecule has 3 nitrogen and oxygen atoms in total. The van der Waals surface area contributed by atoms with Gasteiger partial charge in [0.15, 0.2) is 5.82 Å². The number of rotatable bonds is 1. The summed E-state index contributed by atoms with van der Waals surface area (Å²) in [6, 6.07) is 0. The van der Waals surface area contributed by atoms with Crippen molar-refractivity contribution in [2.24, 2.45) is 0 Å². The molecule has 44 valence electrons. The van der Waals surface area contributed by atoms with Crippen molar-refractivity contribution in [2.45, 2.75) is 6.92 Å². The first kappa shape index (κ1) is 5.15. The standard InChI is InChI=1S/C5H8N2O/c1-4-3-8-7-5(4)6-2/h3H,1-2H3,(H,6,7). The molecular weight excluding hydrogens is 104 g/mol. The summed E-state index contributed by atoms with van der Waals surface area (Å²) in [5.74, 6) is 0.810. The maximum absolute atomic E-state index is 4.62. The van der Waals surface area contributed by atoms with Crippen LogP contribution in [0.15, 0.2) is 10.8 Å². The molecule has 0 amide bonds. The number of nitrogens with zero attached hydrogens (tertiary/aromatic N) is 1. The monoisotopic (exact) mass is 112 g/mol. The van der Waals surface area contributed by atoms with E-state index in [1.165, 1.54) is 0 Å². The van der Waals surface area contributed by atoms with Crippen LogP contribution in [0.3, 0.4) is 0 Å². The number of hydrogen-bond donors (Lipinski definition) is 1. The Morgan fingerprint density at radius 2 is 2.50 bits per heavy atom. The van der Waals surface area contributed by atoms with Gasteiger partial charge < -0.3 is 9.84 Å². The summed E-state index contributed by atoms with van der Waals surface area (Å²) in [6.07, 6.45) is 1.60. The molecule has 0 saturated heterocycles. The summed E-state index contributed by atoms with van der Waals surface area (Å²) < 4.78 is 4.62. The number of hydrogen-bond acceptors (Lipinski definition) is 3. The van der Waals surface area contributed by atoms with Crippen LogP contribution in [0, 0.1) is 6.92 Å². The van der Waals surface area contributed by atoms with E-state index in [0.717, 1.165) is 11.4 Å². The molecule has 0 aliphatic heterocycles. The number of anilines is 1. The minimum atomic E-state index is 0.810. The van der Waals surface area contributed by atoms with E-state index in [9.17, 15) is 0 Å². The second kappa shape index (κ2) is 1.86. The summed E-state index contributed by atoms with van der Waals surface area (Å²) in [4.78, 5) is 0. The van der Waals surface area contributed by atoms with Crippen LogP contribution in [0.5, 0.6) is 0 Å². The maximum Gasteiger partial charge on any atom is 0.172 e. The first-order valence-electron chi connectivity index (χ1n) is 2.43. The first-order valence-corrected chi connectivity index (χ1v) is 2.43. The van der Waals surface area contributed by atoms with Crippen LogP contribution in [0.4, 0.5) is 5.82 Å². The van der Waals surface area contributed by atoms with Crippen LogP contribution in [0.2, 0.25) is 0 Å². The number of aryl methyl sites for hydroxylation is 1. The molecule has 1 aromatic rings. The molecule has 0 atom stereocenters. The highest BCUT2D eigenvalue weighted by molar-refractivity contribution is 5.38. The second-order valence-electron chi connectivity index (χ2n) is 1.60. The van der Waals surface area contributed by atoms with Gasteiger partial charge >= 0.3 is 0 Å². The highest BCUT2D eigenvalue weighted by atomic mass is 16.5. The van der Waals surface area contributed by atoms with Gasteiger partial charge in [0.05, 0.1) is 0 Å². The first-order chi connectivity index (χ1) is 3.84. The van der Waals surface area contributed by atoms with E-state index >= 15 is 0 Å². The summed E-state index contributed by atoms with van der Waals surface area (Å²) in [5, 5.41) is 6.52. The van der Waals surface area contributed by atoms with Crippen molar-refractivity contribution in [1.29, 1.82) is 0 Å². The summed E-state index contributed by atoms with van der Waals surface area (Å²) in [5.41, 5.74) is 1.03. The average Bonchev–Trinajstić information content (AvgIpc) is 2.14. The Balaban J connectivity index is 2.92. The molecule has 0 aliphatic carbocycles. The van der Waals surface area contributed by atoms with Gasteiger partial charge in [-0.15, -0.1) is 0 Å². The van der Waals surface area contributed by atoms with Crippen molar-refractivity contribution in [2.75, 3.05) is 12.4 Å². The maximum atomic E-state index is 4.62. The van der Waals surface area contributed by atoms with Crippen LogP contribution in [-0.2, 0) is 0 Å². The van der Waals surface area contributed by atoms with Crippen molar-refractivity contribution in [3.8, 4) is 0 Å².